The second-order valence-electron chi connectivity index (χ2n) is 4.52. The first-order valence-electron chi connectivity index (χ1n) is 6.45. The first kappa shape index (κ1) is 12.0. The Bertz CT molecular complexity index is 566. The average molecular weight is 259 g/mol. The van der Waals surface area contributed by atoms with Crippen LogP contribution in [0.15, 0.2) is 24.4 Å². The van der Waals surface area contributed by atoms with Crippen molar-refractivity contribution >= 4 is 0 Å². The number of hydrogen-bond donors (Lipinski definition) is 2. The highest BCUT2D eigenvalue weighted by molar-refractivity contribution is 5.64. The predicted molar refractivity (Wildman–Crippen MR) is 72.4 cm³/mol. The number of ether oxygens (including phenoxy) is 2. The predicted octanol–water partition coefficient (Wildman–Crippen LogP) is 1.96. The first-order valence-corrected chi connectivity index (χ1v) is 6.45. The Morgan fingerprint density at radius 1 is 1.32 bits per heavy atom. The van der Waals surface area contributed by atoms with Crippen molar-refractivity contribution in [2.75, 3.05) is 20.4 Å². The number of fused-ring (bicyclic) bond motifs is 1. The lowest BCUT2D eigenvalue weighted by atomic mass is 10.1. The number of nitrogens with one attached hydrogen (secondary N) is 2. The van der Waals surface area contributed by atoms with Crippen molar-refractivity contribution in [3.8, 4) is 22.8 Å². The second kappa shape index (κ2) is 5.32. The van der Waals surface area contributed by atoms with E-state index in [1.54, 1.807) is 0 Å². The van der Waals surface area contributed by atoms with E-state index in [1.165, 1.54) is 0 Å². The van der Waals surface area contributed by atoms with Gasteiger partial charge < -0.3 is 19.8 Å². The summed E-state index contributed by atoms with van der Waals surface area (Å²) in [5.41, 5.74) is 2.08. The van der Waals surface area contributed by atoms with Crippen molar-refractivity contribution in [2.24, 2.45) is 0 Å². The minimum absolute atomic E-state index is 0.303. The van der Waals surface area contributed by atoms with E-state index < -0.39 is 0 Å². The van der Waals surface area contributed by atoms with Gasteiger partial charge in [0.1, 0.15) is 5.82 Å². The number of imidazole rings is 1. The molecule has 1 aliphatic heterocycles. The summed E-state index contributed by atoms with van der Waals surface area (Å²) in [4.78, 5) is 7.75. The van der Waals surface area contributed by atoms with Gasteiger partial charge in [0.05, 0.1) is 11.9 Å². The fourth-order valence-electron chi connectivity index (χ4n) is 2.13. The second-order valence-corrected chi connectivity index (χ2v) is 4.52. The highest BCUT2D eigenvalue weighted by Crippen LogP contribution is 2.35. The maximum Gasteiger partial charge on any atom is 0.231 e. The number of aryl methyl sites for hydroxylation is 1. The fraction of sp³-hybridized carbons (Fsp3) is 0.357. The number of hydrogen-bond acceptors (Lipinski definition) is 4. The number of nitrogens with zero attached hydrogens (tertiary/aromatic N) is 1. The molecular formula is C14H17N3O2. The van der Waals surface area contributed by atoms with Gasteiger partial charge in [-0.25, -0.2) is 4.98 Å². The smallest absolute Gasteiger partial charge is 0.231 e. The van der Waals surface area contributed by atoms with Crippen LogP contribution in [0.1, 0.15) is 12.2 Å². The molecule has 0 fully saturated rings. The Labute approximate surface area is 112 Å². The van der Waals surface area contributed by atoms with Gasteiger partial charge in [-0.2, -0.15) is 0 Å². The molecule has 0 radical (unpaired) electrons. The average Bonchev–Trinajstić information content (AvgIpc) is 3.06. The molecule has 0 saturated carbocycles. The molecule has 0 saturated heterocycles. The van der Waals surface area contributed by atoms with E-state index in [1.807, 2.05) is 31.4 Å². The van der Waals surface area contributed by atoms with Crippen LogP contribution >= 0.6 is 0 Å². The highest BCUT2D eigenvalue weighted by Gasteiger charge is 2.14. The van der Waals surface area contributed by atoms with Gasteiger partial charge in [-0.15, -0.1) is 0 Å². The summed E-state index contributed by atoms with van der Waals surface area (Å²) in [6.45, 7) is 1.30. The van der Waals surface area contributed by atoms with Gasteiger partial charge in [0, 0.05) is 12.0 Å². The van der Waals surface area contributed by atoms with Gasteiger partial charge in [0.15, 0.2) is 11.5 Å². The maximum absolute atomic E-state index is 5.38. The number of aromatic nitrogens is 2. The van der Waals surface area contributed by atoms with Crippen molar-refractivity contribution in [3.05, 3.63) is 30.2 Å². The quantitative estimate of drug-likeness (QED) is 0.806. The van der Waals surface area contributed by atoms with Gasteiger partial charge in [-0.1, -0.05) is 0 Å². The number of H-pyrrole nitrogens is 1. The van der Waals surface area contributed by atoms with E-state index in [-0.39, 0.29) is 0 Å². The normalized spacial score (nSPS) is 12.9. The molecule has 2 aromatic rings. The molecule has 3 rings (SSSR count). The van der Waals surface area contributed by atoms with E-state index in [9.17, 15) is 0 Å². The Balaban J connectivity index is 1.75. The van der Waals surface area contributed by atoms with Crippen molar-refractivity contribution in [1.82, 2.24) is 15.3 Å². The van der Waals surface area contributed by atoms with Gasteiger partial charge >= 0.3 is 0 Å². The molecule has 5 nitrogen and oxygen atoms in total. The van der Waals surface area contributed by atoms with Crippen LogP contribution in [-0.4, -0.2) is 30.4 Å². The van der Waals surface area contributed by atoms with Crippen LogP contribution in [0.5, 0.6) is 11.5 Å². The molecule has 100 valence electrons. The molecule has 0 aliphatic carbocycles. The van der Waals surface area contributed by atoms with Crippen molar-refractivity contribution in [3.63, 3.8) is 0 Å². The van der Waals surface area contributed by atoms with Gasteiger partial charge in [0.2, 0.25) is 6.79 Å². The minimum atomic E-state index is 0.303. The zero-order chi connectivity index (χ0) is 13.1. The minimum Gasteiger partial charge on any atom is -0.454 e. The molecule has 19 heavy (non-hydrogen) atoms. The summed E-state index contributed by atoms with van der Waals surface area (Å²) in [6, 6.07) is 5.92. The topological polar surface area (TPSA) is 59.2 Å². The summed E-state index contributed by atoms with van der Waals surface area (Å²) in [6.07, 6.45) is 3.89. The number of rotatable bonds is 5. The third-order valence-corrected chi connectivity index (χ3v) is 3.15. The van der Waals surface area contributed by atoms with Crippen LogP contribution < -0.4 is 14.8 Å². The lowest BCUT2D eigenvalue weighted by Crippen LogP contribution is -2.08. The molecule has 0 spiro atoms. The van der Waals surface area contributed by atoms with Crippen LogP contribution in [0.3, 0.4) is 0 Å². The molecule has 1 aromatic heterocycles. The summed E-state index contributed by atoms with van der Waals surface area (Å²) < 4.78 is 10.7. The standard InChI is InChI=1S/C14H17N3O2/c1-15-6-2-3-14-16-8-11(17-14)10-4-5-12-13(7-10)19-9-18-12/h4-5,7-8,15H,2-3,6,9H2,1H3,(H,16,17). The van der Waals surface area contributed by atoms with E-state index in [0.29, 0.717) is 6.79 Å². The molecule has 1 aromatic carbocycles. The van der Waals surface area contributed by atoms with Gasteiger partial charge in [-0.3, -0.25) is 0 Å². The lowest BCUT2D eigenvalue weighted by molar-refractivity contribution is 0.174. The van der Waals surface area contributed by atoms with Gasteiger partial charge in [-0.05, 0) is 38.2 Å². The Morgan fingerprint density at radius 2 is 2.21 bits per heavy atom. The van der Waals surface area contributed by atoms with Crippen LogP contribution in [0.4, 0.5) is 0 Å². The number of benzene rings is 1. The molecular weight excluding hydrogens is 242 g/mol. The monoisotopic (exact) mass is 259 g/mol. The SMILES string of the molecule is CNCCCc1ncc(-c2ccc3c(c2)OCO3)[nH]1. The van der Waals surface area contributed by atoms with Crippen LogP contribution in [0, 0.1) is 0 Å². The molecule has 0 unspecified atom stereocenters. The van der Waals surface area contributed by atoms with E-state index in [0.717, 1.165) is 48.0 Å². The highest BCUT2D eigenvalue weighted by atomic mass is 16.7. The van der Waals surface area contributed by atoms with Crippen molar-refractivity contribution in [2.45, 2.75) is 12.8 Å². The fourth-order valence-corrected chi connectivity index (χ4v) is 2.13. The summed E-state index contributed by atoms with van der Waals surface area (Å²) in [7, 11) is 1.96. The van der Waals surface area contributed by atoms with E-state index >= 15 is 0 Å². The van der Waals surface area contributed by atoms with E-state index in [4.69, 9.17) is 9.47 Å². The summed E-state index contributed by atoms with van der Waals surface area (Å²) in [5, 5.41) is 3.13. The maximum atomic E-state index is 5.38. The zero-order valence-corrected chi connectivity index (χ0v) is 10.9. The number of aromatic amines is 1. The Morgan fingerprint density at radius 3 is 3.11 bits per heavy atom. The zero-order valence-electron chi connectivity index (χ0n) is 10.9. The van der Waals surface area contributed by atoms with E-state index in [2.05, 4.69) is 15.3 Å². The Hall–Kier alpha value is -2.01. The summed E-state index contributed by atoms with van der Waals surface area (Å²) >= 11 is 0. The molecule has 0 bridgehead atoms. The molecule has 2 N–H and O–H groups in total. The van der Waals surface area contributed by atoms with Crippen LogP contribution in [-0.2, 0) is 6.42 Å². The van der Waals surface area contributed by atoms with Crippen LogP contribution in [0.2, 0.25) is 0 Å². The first-order chi connectivity index (χ1) is 9.36. The molecule has 0 atom stereocenters. The van der Waals surface area contributed by atoms with Crippen molar-refractivity contribution in [1.29, 1.82) is 0 Å². The summed E-state index contributed by atoms with van der Waals surface area (Å²) in [5.74, 6) is 2.62. The largest absolute Gasteiger partial charge is 0.454 e. The molecule has 5 heteroatoms. The van der Waals surface area contributed by atoms with Crippen LogP contribution in [0.25, 0.3) is 11.3 Å². The molecule has 2 heterocycles. The third kappa shape index (κ3) is 2.56. The lowest BCUT2D eigenvalue weighted by Gasteiger charge is -2.00. The third-order valence-electron chi connectivity index (χ3n) is 3.15. The Kier molecular flexibility index (Phi) is 3.37. The van der Waals surface area contributed by atoms with Crippen molar-refractivity contribution < 1.29 is 9.47 Å². The van der Waals surface area contributed by atoms with Gasteiger partial charge in [0.25, 0.3) is 0 Å². The molecule has 0 amide bonds. The molecule has 1 aliphatic rings.